The third kappa shape index (κ3) is 8.40. The van der Waals surface area contributed by atoms with Crippen LogP contribution in [0.2, 0.25) is 0 Å². The Morgan fingerprint density at radius 1 is 1.04 bits per heavy atom. The van der Waals surface area contributed by atoms with Gasteiger partial charge >= 0.3 is 0 Å². The summed E-state index contributed by atoms with van der Waals surface area (Å²) in [4.78, 5) is 30.0. The van der Waals surface area contributed by atoms with E-state index in [9.17, 15) is 14.0 Å². The van der Waals surface area contributed by atoms with Gasteiger partial charge in [-0.2, -0.15) is 0 Å². The third-order valence-corrected chi connectivity index (χ3v) is 9.43. The predicted molar refractivity (Wildman–Crippen MR) is 190 cm³/mol. The number of rotatable bonds is 14. The number of pyridine rings is 1. The van der Waals surface area contributed by atoms with Crippen LogP contribution in [-0.2, 0) is 22.6 Å². The molecule has 1 amide bonds. The summed E-state index contributed by atoms with van der Waals surface area (Å²) in [6.45, 7) is 3.49. The Hall–Kier alpha value is -4.73. The second-order valence-corrected chi connectivity index (χ2v) is 12.5. The van der Waals surface area contributed by atoms with E-state index in [1.807, 2.05) is 18.2 Å². The number of nitrogens with one attached hydrogen (secondary N) is 3. The van der Waals surface area contributed by atoms with Crippen molar-refractivity contribution in [1.29, 1.82) is 5.41 Å². The molecule has 9 heteroatoms. The molecule has 2 heterocycles. The highest BCUT2D eigenvalue weighted by atomic mass is 19.1. The fourth-order valence-electron chi connectivity index (χ4n) is 6.53. The summed E-state index contributed by atoms with van der Waals surface area (Å²) >= 11 is 0. The number of aldehydes is 1. The maximum atomic E-state index is 14.6. The van der Waals surface area contributed by atoms with Gasteiger partial charge in [0.25, 0.3) is 0 Å². The predicted octanol–water partition coefficient (Wildman–Crippen LogP) is 5.84. The van der Waals surface area contributed by atoms with E-state index < -0.39 is 0 Å². The number of nitrogen functional groups attached to an aromatic ring is 1. The number of amides is 1. The van der Waals surface area contributed by atoms with Crippen molar-refractivity contribution in [3.63, 3.8) is 0 Å². The number of aromatic nitrogens is 1. The van der Waals surface area contributed by atoms with Crippen molar-refractivity contribution in [2.45, 2.75) is 50.5 Å². The van der Waals surface area contributed by atoms with Crippen molar-refractivity contribution in [3.05, 3.63) is 118 Å². The maximum absolute atomic E-state index is 14.6. The highest BCUT2D eigenvalue weighted by Gasteiger charge is 2.22. The molecule has 4 aromatic rings. The highest BCUT2D eigenvalue weighted by molar-refractivity contribution is 6.13. The van der Waals surface area contributed by atoms with Crippen molar-refractivity contribution >= 4 is 23.7 Å². The largest absolute Gasteiger partial charge is 0.383 e. The van der Waals surface area contributed by atoms with Crippen LogP contribution in [-0.4, -0.2) is 61.5 Å². The minimum atomic E-state index is -0.358. The zero-order valence-corrected chi connectivity index (χ0v) is 27.8. The zero-order chi connectivity index (χ0) is 34.0. The van der Waals surface area contributed by atoms with Crippen LogP contribution in [0.1, 0.15) is 70.9 Å². The van der Waals surface area contributed by atoms with Gasteiger partial charge in [-0.3, -0.25) is 10.2 Å². The lowest BCUT2D eigenvalue weighted by Gasteiger charge is -2.32. The number of nitrogens with two attached hydrogens (primary N) is 1. The van der Waals surface area contributed by atoms with Crippen LogP contribution in [0.4, 0.5) is 10.2 Å². The summed E-state index contributed by atoms with van der Waals surface area (Å²) in [5.41, 5.74) is 13.1. The molecule has 0 bridgehead atoms. The fraction of sp³-hybridized carbons (Fsp3) is 0.333. The lowest BCUT2D eigenvalue weighted by atomic mass is 9.88. The molecule has 1 saturated heterocycles. The van der Waals surface area contributed by atoms with Gasteiger partial charge in [0.05, 0.1) is 11.6 Å². The van der Waals surface area contributed by atoms with E-state index in [-0.39, 0.29) is 29.2 Å². The summed E-state index contributed by atoms with van der Waals surface area (Å²) in [6.07, 6.45) is 6.60. The summed E-state index contributed by atoms with van der Waals surface area (Å²) in [6, 6.07) is 23.5. The fourth-order valence-corrected chi connectivity index (χ4v) is 6.53. The molecular weight excluding hydrogens is 603 g/mol. The Bertz CT molecular complexity index is 1720. The van der Waals surface area contributed by atoms with E-state index in [2.05, 4.69) is 56.9 Å². The van der Waals surface area contributed by atoms with E-state index in [1.54, 1.807) is 32.4 Å². The summed E-state index contributed by atoms with van der Waals surface area (Å²) in [5, 5.41) is 14.4. The van der Waals surface area contributed by atoms with Crippen molar-refractivity contribution in [1.82, 2.24) is 20.5 Å². The second kappa shape index (κ2) is 16.4. The first-order valence-corrected chi connectivity index (χ1v) is 16.7. The van der Waals surface area contributed by atoms with E-state index in [4.69, 9.17) is 11.1 Å². The molecule has 1 fully saturated rings. The first-order chi connectivity index (χ1) is 23.3. The molecule has 0 radical (unpaired) electrons. The van der Waals surface area contributed by atoms with Crippen LogP contribution in [0.3, 0.4) is 0 Å². The van der Waals surface area contributed by atoms with E-state index in [0.717, 1.165) is 61.9 Å². The molecule has 0 aliphatic carbocycles. The average molecular weight is 649 g/mol. The topological polar surface area (TPSA) is 124 Å². The van der Waals surface area contributed by atoms with Gasteiger partial charge in [0.15, 0.2) is 0 Å². The number of carbonyl (C=O) groups excluding carboxylic acids is 2. The maximum Gasteiger partial charge on any atom is 0.227 e. The molecule has 1 unspecified atom stereocenters. The third-order valence-electron chi connectivity index (χ3n) is 9.43. The number of hydrogen-bond acceptors (Lipinski definition) is 7. The summed E-state index contributed by atoms with van der Waals surface area (Å²) in [5.74, 6) is 0.0161. The lowest BCUT2D eigenvalue weighted by molar-refractivity contribution is -0.122. The number of nitrogens with zero attached hydrogens (tertiary/aromatic N) is 2. The van der Waals surface area contributed by atoms with Crippen LogP contribution >= 0.6 is 0 Å². The number of benzene rings is 3. The van der Waals surface area contributed by atoms with Gasteiger partial charge in [-0.05, 0) is 86.1 Å². The molecule has 5 rings (SSSR count). The molecule has 250 valence electrons. The monoisotopic (exact) mass is 648 g/mol. The van der Waals surface area contributed by atoms with E-state index >= 15 is 0 Å². The summed E-state index contributed by atoms with van der Waals surface area (Å²) < 4.78 is 14.6. The molecule has 48 heavy (non-hydrogen) atoms. The van der Waals surface area contributed by atoms with E-state index in [0.29, 0.717) is 42.0 Å². The molecule has 0 spiro atoms. The van der Waals surface area contributed by atoms with Gasteiger partial charge in [-0.25, -0.2) is 9.37 Å². The molecule has 3 aromatic carbocycles. The number of likely N-dealkylation sites (N-methyl/N-ethyl adjacent to an activating group) is 1. The number of hydrogen-bond donors (Lipinski definition) is 4. The van der Waals surface area contributed by atoms with Crippen molar-refractivity contribution < 1.29 is 14.0 Å². The van der Waals surface area contributed by atoms with Crippen LogP contribution in [0.25, 0.3) is 11.1 Å². The molecule has 1 aliphatic rings. The minimum Gasteiger partial charge on any atom is -0.383 e. The minimum absolute atomic E-state index is 0.0587. The molecule has 5 N–H and O–H groups in total. The molecule has 1 aromatic heterocycles. The quantitative estimate of drug-likeness (QED) is 0.101. The van der Waals surface area contributed by atoms with Crippen LogP contribution in [0.15, 0.2) is 79.0 Å². The van der Waals surface area contributed by atoms with Crippen LogP contribution in [0.5, 0.6) is 0 Å². The molecule has 1 aliphatic heterocycles. The number of piperidine rings is 1. The molecule has 1 atom stereocenters. The van der Waals surface area contributed by atoms with Crippen molar-refractivity contribution in [3.8, 4) is 11.1 Å². The average Bonchev–Trinajstić information content (AvgIpc) is 3.12. The Morgan fingerprint density at radius 3 is 2.42 bits per heavy atom. The van der Waals surface area contributed by atoms with Gasteiger partial charge in [0, 0.05) is 55.0 Å². The van der Waals surface area contributed by atoms with Gasteiger partial charge in [-0.15, -0.1) is 0 Å². The van der Waals surface area contributed by atoms with Gasteiger partial charge < -0.3 is 26.1 Å². The lowest BCUT2D eigenvalue weighted by Crippen LogP contribution is -2.34. The van der Waals surface area contributed by atoms with Crippen molar-refractivity contribution in [2.75, 3.05) is 39.5 Å². The Morgan fingerprint density at radius 2 is 1.77 bits per heavy atom. The number of anilines is 1. The van der Waals surface area contributed by atoms with Gasteiger partial charge in [0.2, 0.25) is 5.91 Å². The smallest absolute Gasteiger partial charge is 0.227 e. The van der Waals surface area contributed by atoms with Crippen molar-refractivity contribution in [2.24, 2.45) is 0 Å². The van der Waals surface area contributed by atoms with Crippen LogP contribution < -0.4 is 16.4 Å². The Labute approximate surface area is 282 Å². The zero-order valence-electron chi connectivity index (χ0n) is 27.8. The number of halogens is 1. The molecule has 0 saturated carbocycles. The normalized spacial score (nSPS) is 14.4. The molecular formula is C39H45FN6O2. The second-order valence-electron chi connectivity index (χ2n) is 12.5. The Balaban J connectivity index is 1.15. The first-order valence-electron chi connectivity index (χ1n) is 16.7. The summed E-state index contributed by atoms with van der Waals surface area (Å²) in [7, 11) is 3.39. The van der Waals surface area contributed by atoms with Crippen LogP contribution in [0, 0.1) is 11.2 Å². The Kier molecular flexibility index (Phi) is 11.8. The standard InChI is InChI=1S/C39H45FN6O2/c1-43-24-32-14-13-31(23-36(32)40)37(41)35-22-33(25-45-38(35)42)28-11-9-27(10-12-28)29-16-19-46(20-17-29)18-15-26-5-7-30(8-6-26)34(4-3-21-47)39(48)44-2/h5-14,21-23,25,29,34,41,43H,3-4,15-20,24H2,1-2H3,(H2,42,45)(H,44,48). The number of likely N-dealkylation sites (tertiary alicyclic amines) is 1. The molecule has 8 nitrogen and oxygen atoms in total. The van der Waals surface area contributed by atoms with Gasteiger partial charge in [-0.1, -0.05) is 60.7 Å². The van der Waals surface area contributed by atoms with E-state index in [1.165, 1.54) is 17.2 Å². The van der Waals surface area contributed by atoms with Gasteiger partial charge in [0.1, 0.15) is 17.9 Å². The first kappa shape index (κ1) is 34.6. The highest BCUT2D eigenvalue weighted by Crippen LogP contribution is 2.31. The number of carbonyl (C=O) groups is 2. The SMILES string of the molecule is CNCc1ccc(C(=N)c2cc(-c3ccc(C4CCN(CCc5ccc(C(CCC=O)C(=O)NC)cc5)CC4)cc3)cnc2N)cc1F.